The molecule has 1 saturated heterocycles. The second-order valence-corrected chi connectivity index (χ2v) is 8.69. The molecule has 1 aliphatic carbocycles. The molecule has 2 heterocycles. The Labute approximate surface area is 136 Å². The first-order valence-corrected chi connectivity index (χ1v) is 9.72. The SMILES string of the molecule is C[C@H]1CC(=O)C[C@@H](C2CC2)N1S(=O)(=O)c1cccc2c1OCC2. The number of hydrogen-bond acceptors (Lipinski definition) is 4. The zero-order valence-electron chi connectivity index (χ0n) is 13.2. The molecule has 6 heteroatoms. The Balaban J connectivity index is 1.78. The fourth-order valence-corrected chi connectivity index (χ4v) is 5.98. The van der Waals surface area contributed by atoms with Gasteiger partial charge in [0.15, 0.2) is 0 Å². The van der Waals surface area contributed by atoms with Crippen molar-refractivity contribution in [2.75, 3.05) is 6.61 Å². The van der Waals surface area contributed by atoms with Gasteiger partial charge in [-0.25, -0.2) is 8.42 Å². The van der Waals surface area contributed by atoms with Crippen LogP contribution in [-0.4, -0.2) is 37.2 Å². The highest BCUT2D eigenvalue weighted by atomic mass is 32.2. The van der Waals surface area contributed by atoms with Crippen molar-refractivity contribution >= 4 is 15.8 Å². The van der Waals surface area contributed by atoms with E-state index < -0.39 is 10.0 Å². The highest BCUT2D eigenvalue weighted by molar-refractivity contribution is 7.89. The molecule has 0 bridgehead atoms. The average Bonchev–Trinajstić information content (AvgIpc) is 3.22. The summed E-state index contributed by atoms with van der Waals surface area (Å²) in [5.41, 5.74) is 0.954. The lowest BCUT2D eigenvalue weighted by atomic mass is 9.95. The lowest BCUT2D eigenvalue weighted by molar-refractivity contribution is -0.123. The summed E-state index contributed by atoms with van der Waals surface area (Å²) in [5, 5.41) is 0. The zero-order valence-corrected chi connectivity index (χ0v) is 14.0. The zero-order chi connectivity index (χ0) is 16.2. The van der Waals surface area contributed by atoms with E-state index in [2.05, 4.69) is 0 Å². The Bertz CT molecular complexity index is 754. The lowest BCUT2D eigenvalue weighted by Gasteiger charge is -2.39. The Hall–Kier alpha value is -1.40. The molecule has 4 rings (SSSR count). The van der Waals surface area contributed by atoms with E-state index in [0.717, 1.165) is 24.8 Å². The molecule has 3 aliphatic rings. The van der Waals surface area contributed by atoms with Crippen molar-refractivity contribution in [3.05, 3.63) is 23.8 Å². The van der Waals surface area contributed by atoms with E-state index in [4.69, 9.17) is 4.74 Å². The monoisotopic (exact) mass is 335 g/mol. The van der Waals surface area contributed by atoms with Crippen LogP contribution in [0.25, 0.3) is 0 Å². The number of fused-ring (bicyclic) bond motifs is 1. The third-order valence-electron chi connectivity index (χ3n) is 5.12. The molecule has 0 amide bonds. The summed E-state index contributed by atoms with van der Waals surface area (Å²) >= 11 is 0. The maximum Gasteiger partial charge on any atom is 0.247 e. The van der Waals surface area contributed by atoms with Crippen molar-refractivity contribution in [3.63, 3.8) is 0 Å². The first-order valence-electron chi connectivity index (χ1n) is 8.28. The van der Waals surface area contributed by atoms with Crippen LogP contribution in [0.3, 0.4) is 0 Å². The lowest BCUT2D eigenvalue weighted by Crippen LogP contribution is -2.52. The smallest absolute Gasteiger partial charge is 0.247 e. The summed E-state index contributed by atoms with van der Waals surface area (Å²) in [5.74, 6) is 1.01. The van der Waals surface area contributed by atoms with Gasteiger partial charge in [0, 0.05) is 31.3 Å². The first kappa shape index (κ1) is 15.1. The van der Waals surface area contributed by atoms with Gasteiger partial charge in [0.2, 0.25) is 10.0 Å². The second kappa shape index (κ2) is 5.31. The van der Waals surface area contributed by atoms with E-state index in [1.807, 2.05) is 13.0 Å². The van der Waals surface area contributed by atoms with Crippen LogP contribution >= 0.6 is 0 Å². The van der Waals surface area contributed by atoms with Gasteiger partial charge in [-0.15, -0.1) is 0 Å². The normalized spacial score (nSPS) is 28.5. The maximum atomic E-state index is 13.3. The van der Waals surface area contributed by atoms with Crippen molar-refractivity contribution in [2.24, 2.45) is 5.92 Å². The van der Waals surface area contributed by atoms with Crippen molar-refractivity contribution in [1.29, 1.82) is 0 Å². The van der Waals surface area contributed by atoms with Gasteiger partial charge in [0.25, 0.3) is 0 Å². The fourth-order valence-electron chi connectivity index (χ4n) is 3.93. The van der Waals surface area contributed by atoms with Gasteiger partial charge in [-0.1, -0.05) is 12.1 Å². The molecule has 2 atom stereocenters. The highest BCUT2D eigenvalue weighted by Crippen LogP contribution is 2.44. The number of benzene rings is 1. The summed E-state index contributed by atoms with van der Waals surface area (Å²) in [6, 6.07) is 4.86. The minimum atomic E-state index is -3.66. The average molecular weight is 335 g/mol. The van der Waals surface area contributed by atoms with Gasteiger partial charge in [-0.2, -0.15) is 4.31 Å². The van der Waals surface area contributed by atoms with Gasteiger partial charge in [-0.3, -0.25) is 4.79 Å². The van der Waals surface area contributed by atoms with Gasteiger partial charge in [-0.05, 0) is 37.3 Å². The fraction of sp³-hybridized carbons (Fsp3) is 0.588. The van der Waals surface area contributed by atoms with E-state index in [1.165, 1.54) is 0 Å². The van der Waals surface area contributed by atoms with Crippen molar-refractivity contribution in [3.8, 4) is 5.75 Å². The number of Topliss-reactive ketones (excluding diaryl/α,β-unsaturated/α-hetero) is 1. The predicted octanol–water partition coefficient (Wildman–Crippen LogP) is 2.14. The van der Waals surface area contributed by atoms with Gasteiger partial charge in [0.1, 0.15) is 16.4 Å². The minimum absolute atomic E-state index is 0.176. The summed E-state index contributed by atoms with van der Waals surface area (Å²) in [7, 11) is -3.66. The topological polar surface area (TPSA) is 63.7 Å². The van der Waals surface area contributed by atoms with E-state index in [9.17, 15) is 13.2 Å². The Morgan fingerprint density at radius 1 is 1.22 bits per heavy atom. The summed E-state index contributed by atoms with van der Waals surface area (Å²) in [6.45, 7) is 2.37. The van der Waals surface area contributed by atoms with Gasteiger partial charge < -0.3 is 4.74 Å². The van der Waals surface area contributed by atoms with Crippen molar-refractivity contribution in [1.82, 2.24) is 4.31 Å². The molecule has 1 aromatic rings. The van der Waals surface area contributed by atoms with E-state index in [-0.39, 0.29) is 22.8 Å². The molecule has 2 fully saturated rings. The van der Waals surface area contributed by atoms with Crippen LogP contribution < -0.4 is 4.74 Å². The van der Waals surface area contributed by atoms with Gasteiger partial charge in [0.05, 0.1) is 6.61 Å². The van der Waals surface area contributed by atoms with E-state index in [0.29, 0.717) is 31.1 Å². The number of piperidine rings is 1. The number of carbonyl (C=O) groups excluding carboxylic acids is 1. The molecule has 1 aromatic carbocycles. The second-order valence-electron chi connectivity index (χ2n) is 6.88. The van der Waals surface area contributed by atoms with E-state index in [1.54, 1.807) is 16.4 Å². The van der Waals surface area contributed by atoms with Crippen LogP contribution in [0.5, 0.6) is 5.75 Å². The third kappa shape index (κ3) is 2.48. The molecule has 0 radical (unpaired) electrons. The van der Waals surface area contributed by atoms with Crippen LogP contribution in [-0.2, 0) is 21.2 Å². The molecule has 0 spiro atoms. The first-order chi connectivity index (χ1) is 11.0. The molecule has 0 N–H and O–H groups in total. The molecule has 0 unspecified atom stereocenters. The number of rotatable bonds is 3. The molecule has 23 heavy (non-hydrogen) atoms. The number of para-hydroxylation sites is 1. The van der Waals surface area contributed by atoms with Crippen LogP contribution in [0, 0.1) is 5.92 Å². The summed E-state index contributed by atoms with van der Waals surface area (Å²) in [6.07, 6.45) is 3.43. The Morgan fingerprint density at radius 3 is 2.74 bits per heavy atom. The molecule has 5 nitrogen and oxygen atoms in total. The summed E-state index contributed by atoms with van der Waals surface area (Å²) in [4.78, 5) is 12.2. The molecule has 0 aromatic heterocycles. The van der Waals surface area contributed by atoms with E-state index >= 15 is 0 Å². The highest BCUT2D eigenvalue weighted by Gasteiger charge is 2.48. The number of hydrogen-bond donors (Lipinski definition) is 0. The number of carbonyl (C=O) groups is 1. The number of sulfonamides is 1. The number of ketones is 1. The van der Waals surface area contributed by atoms with Crippen molar-refractivity contribution < 1.29 is 17.9 Å². The van der Waals surface area contributed by atoms with Crippen LogP contribution in [0.15, 0.2) is 23.1 Å². The Morgan fingerprint density at radius 2 is 2.00 bits per heavy atom. The Kier molecular flexibility index (Phi) is 3.50. The van der Waals surface area contributed by atoms with Crippen LogP contribution in [0.4, 0.5) is 0 Å². The molecule has 2 aliphatic heterocycles. The van der Waals surface area contributed by atoms with Gasteiger partial charge >= 0.3 is 0 Å². The van der Waals surface area contributed by atoms with Crippen LogP contribution in [0.2, 0.25) is 0 Å². The van der Waals surface area contributed by atoms with Crippen LogP contribution in [0.1, 0.15) is 38.2 Å². The molecule has 1 saturated carbocycles. The largest absolute Gasteiger partial charge is 0.492 e. The quantitative estimate of drug-likeness (QED) is 0.849. The van der Waals surface area contributed by atoms with Crippen molar-refractivity contribution in [2.45, 2.75) is 56.0 Å². The third-order valence-corrected chi connectivity index (χ3v) is 7.18. The standard InChI is InChI=1S/C17H21NO4S/c1-11-9-14(19)10-15(12-5-6-12)18(11)23(20,21)16-4-2-3-13-7-8-22-17(13)16/h2-4,11-12,15H,5-10H2,1H3/t11-,15-/m0/s1. The molecular formula is C17H21NO4S. The molecular weight excluding hydrogens is 314 g/mol. The maximum absolute atomic E-state index is 13.3. The number of nitrogens with zero attached hydrogens (tertiary/aromatic N) is 1. The molecule has 124 valence electrons. The summed E-state index contributed by atoms with van der Waals surface area (Å²) < 4.78 is 33.9. The number of ether oxygens (including phenoxy) is 1. The minimum Gasteiger partial charge on any atom is -0.492 e. The predicted molar refractivity (Wildman–Crippen MR) is 84.9 cm³/mol.